The first-order valence-electron chi connectivity index (χ1n) is 7.74. The lowest BCUT2D eigenvalue weighted by Gasteiger charge is -2.14. The molecule has 1 aromatic carbocycles. The van der Waals surface area contributed by atoms with Crippen LogP contribution in [0.4, 0.5) is 5.69 Å². The van der Waals surface area contributed by atoms with Crippen LogP contribution in [0.2, 0.25) is 0 Å². The topological polar surface area (TPSA) is 77.2 Å². The van der Waals surface area contributed by atoms with Crippen LogP contribution in [0.1, 0.15) is 26.0 Å². The summed E-state index contributed by atoms with van der Waals surface area (Å²) in [7, 11) is 0. The molecule has 1 atom stereocenters. The summed E-state index contributed by atoms with van der Waals surface area (Å²) in [5, 5.41) is 2.83. The minimum atomic E-state index is -0.506. The second-order valence-electron chi connectivity index (χ2n) is 5.86. The summed E-state index contributed by atoms with van der Waals surface area (Å²) in [6, 6.07) is 12.4. The van der Waals surface area contributed by atoms with E-state index in [1.165, 1.54) is 0 Å². The average molecular weight is 386 g/mol. The van der Waals surface area contributed by atoms with Gasteiger partial charge >= 0.3 is 0 Å². The predicted octanol–water partition coefficient (Wildman–Crippen LogP) is 3.82. The number of hydrogen-bond donors (Lipinski definition) is 2. The van der Waals surface area contributed by atoms with Gasteiger partial charge < -0.3 is 15.8 Å². The van der Waals surface area contributed by atoms with Crippen molar-refractivity contribution in [2.75, 3.05) is 5.32 Å². The zero-order chi connectivity index (χ0) is 16.7. The summed E-state index contributed by atoms with van der Waals surface area (Å²) in [4.78, 5) is 16.3. The van der Waals surface area contributed by atoms with Crippen LogP contribution < -0.4 is 15.8 Å². The normalized spacial score (nSPS) is 11.0. The third-order valence-corrected chi connectivity index (χ3v) is 3.28. The van der Waals surface area contributed by atoms with E-state index in [1.807, 2.05) is 50.2 Å². The fourth-order valence-corrected chi connectivity index (χ4v) is 2.15. The molecule has 0 aliphatic carbocycles. The molecule has 0 radical (unpaired) electrons. The Balaban J connectivity index is 0.00000288. The number of rotatable bonds is 7. The van der Waals surface area contributed by atoms with Crippen molar-refractivity contribution >= 4 is 36.4 Å². The number of nitrogens with two attached hydrogens (primary N) is 1. The number of nitrogens with zero attached hydrogens (tertiary/aromatic N) is 1. The standard InChI is InChI=1S/C18H23N3O2.2ClH/c1-13(2)10-17(19)18(22)21-14-7-5-8-16(11-14)23-12-15-6-3-4-9-20-15;;/h3-9,11,13,17H,10,12,19H2,1-2H3,(H,21,22);2*1H/t17-;;/m0../s1. The van der Waals surface area contributed by atoms with Crippen molar-refractivity contribution in [1.82, 2.24) is 4.98 Å². The molecule has 7 heteroatoms. The Kier molecular flexibility index (Phi) is 10.8. The Hall–Kier alpha value is -1.82. The van der Waals surface area contributed by atoms with E-state index in [-0.39, 0.29) is 30.7 Å². The van der Waals surface area contributed by atoms with Crippen molar-refractivity contribution in [1.29, 1.82) is 0 Å². The Morgan fingerprint density at radius 2 is 1.96 bits per heavy atom. The molecule has 0 saturated carbocycles. The van der Waals surface area contributed by atoms with Gasteiger partial charge in [0.1, 0.15) is 12.4 Å². The van der Waals surface area contributed by atoms with Crippen LogP contribution in [0.3, 0.4) is 0 Å². The molecule has 1 amide bonds. The Bertz CT molecular complexity index is 639. The molecular formula is C18H25Cl2N3O2. The highest BCUT2D eigenvalue weighted by Gasteiger charge is 2.15. The molecule has 0 fully saturated rings. The van der Waals surface area contributed by atoms with Crippen LogP contribution in [-0.4, -0.2) is 16.9 Å². The summed E-state index contributed by atoms with van der Waals surface area (Å²) in [5.41, 5.74) is 7.41. The first-order chi connectivity index (χ1) is 11.0. The van der Waals surface area contributed by atoms with Gasteiger partial charge in [-0.15, -0.1) is 24.8 Å². The van der Waals surface area contributed by atoms with Gasteiger partial charge in [-0.1, -0.05) is 26.0 Å². The van der Waals surface area contributed by atoms with E-state index in [9.17, 15) is 4.79 Å². The molecule has 0 bridgehead atoms. The first-order valence-corrected chi connectivity index (χ1v) is 7.74. The second-order valence-corrected chi connectivity index (χ2v) is 5.86. The van der Waals surface area contributed by atoms with Gasteiger partial charge in [-0.2, -0.15) is 0 Å². The molecule has 0 spiro atoms. The van der Waals surface area contributed by atoms with E-state index in [1.54, 1.807) is 12.3 Å². The molecule has 5 nitrogen and oxygen atoms in total. The maximum atomic E-state index is 12.1. The maximum Gasteiger partial charge on any atom is 0.241 e. The summed E-state index contributed by atoms with van der Waals surface area (Å²) in [6.45, 7) is 4.46. The van der Waals surface area contributed by atoms with Gasteiger partial charge in [-0.25, -0.2) is 0 Å². The molecule has 2 aromatic rings. The largest absolute Gasteiger partial charge is 0.487 e. The number of carbonyl (C=O) groups is 1. The molecule has 1 heterocycles. The lowest BCUT2D eigenvalue weighted by Crippen LogP contribution is -2.36. The van der Waals surface area contributed by atoms with Gasteiger partial charge in [-0.05, 0) is 36.6 Å². The zero-order valence-electron chi connectivity index (χ0n) is 14.3. The first kappa shape index (κ1) is 23.2. The van der Waals surface area contributed by atoms with Gasteiger partial charge in [0.25, 0.3) is 0 Å². The number of halogens is 2. The minimum Gasteiger partial charge on any atom is -0.487 e. The number of nitrogens with one attached hydrogen (secondary N) is 1. The number of benzene rings is 1. The third kappa shape index (κ3) is 8.20. The fraction of sp³-hybridized carbons (Fsp3) is 0.333. The molecule has 0 aliphatic heterocycles. The molecule has 3 N–H and O–H groups in total. The van der Waals surface area contributed by atoms with E-state index in [4.69, 9.17) is 10.5 Å². The molecular weight excluding hydrogens is 361 g/mol. The van der Waals surface area contributed by atoms with Crippen molar-refractivity contribution in [3.8, 4) is 5.75 Å². The number of ether oxygens (including phenoxy) is 1. The highest BCUT2D eigenvalue weighted by atomic mass is 35.5. The van der Waals surface area contributed by atoms with Crippen molar-refractivity contribution in [2.24, 2.45) is 11.7 Å². The van der Waals surface area contributed by atoms with Gasteiger partial charge in [0, 0.05) is 18.0 Å². The summed E-state index contributed by atoms with van der Waals surface area (Å²) in [6.07, 6.45) is 2.38. The SMILES string of the molecule is CC(C)C[C@H](N)C(=O)Nc1cccc(OCc2ccccn2)c1.Cl.Cl. The van der Waals surface area contributed by atoms with E-state index in [0.29, 0.717) is 30.4 Å². The van der Waals surface area contributed by atoms with Crippen molar-refractivity contribution in [3.63, 3.8) is 0 Å². The van der Waals surface area contributed by atoms with Crippen LogP contribution in [0.25, 0.3) is 0 Å². The van der Waals surface area contributed by atoms with E-state index >= 15 is 0 Å². The van der Waals surface area contributed by atoms with Crippen LogP contribution in [-0.2, 0) is 11.4 Å². The summed E-state index contributed by atoms with van der Waals surface area (Å²) in [5.74, 6) is 0.871. The fourth-order valence-electron chi connectivity index (χ4n) is 2.15. The number of anilines is 1. The second kappa shape index (κ2) is 11.7. The van der Waals surface area contributed by atoms with Crippen LogP contribution in [0.15, 0.2) is 48.7 Å². The van der Waals surface area contributed by atoms with Crippen LogP contribution >= 0.6 is 24.8 Å². The van der Waals surface area contributed by atoms with E-state index < -0.39 is 6.04 Å². The highest BCUT2D eigenvalue weighted by Crippen LogP contribution is 2.19. The molecule has 0 unspecified atom stereocenters. The average Bonchev–Trinajstić information content (AvgIpc) is 2.53. The van der Waals surface area contributed by atoms with Crippen LogP contribution in [0.5, 0.6) is 5.75 Å². The monoisotopic (exact) mass is 385 g/mol. The van der Waals surface area contributed by atoms with Crippen LogP contribution in [0, 0.1) is 5.92 Å². The molecule has 25 heavy (non-hydrogen) atoms. The number of amides is 1. The van der Waals surface area contributed by atoms with Crippen molar-refractivity contribution in [3.05, 3.63) is 54.4 Å². The molecule has 1 aromatic heterocycles. The molecule has 138 valence electrons. The lowest BCUT2D eigenvalue weighted by atomic mass is 10.0. The maximum absolute atomic E-state index is 12.1. The molecule has 2 rings (SSSR count). The Morgan fingerprint density at radius 1 is 1.20 bits per heavy atom. The molecule has 0 aliphatic rings. The summed E-state index contributed by atoms with van der Waals surface area (Å²) >= 11 is 0. The predicted molar refractivity (Wildman–Crippen MR) is 106 cm³/mol. The smallest absolute Gasteiger partial charge is 0.241 e. The lowest BCUT2D eigenvalue weighted by molar-refractivity contribution is -0.117. The number of carbonyl (C=O) groups excluding carboxylic acids is 1. The number of pyridine rings is 1. The molecule has 0 saturated heterocycles. The van der Waals surface area contributed by atoms with Crippen molar-refractivity contribution < 1.29 is 9.53 Å². The van der Waals surface area contributed by atoms with E-state index in [2.05, 4.69) is 10.3 Å². The summed E-state index contributed by atoms with van der Waals surface area (Å²) < 4.78 is 5.69. The van der Waals surface area contributed by atoms with Gasteiger partial charge in [0.05, 0.1) is 11.7 Å². The zero-order valence-corrected chi connectivity index (χ0v) is 16.0. The van der Waals surface area contributed by atoms with Crippen molar-refractivity contribution in [2.45, 2.75) is 32.9 Å². The Labute approximate surface area is 161 Å². The quantitative estimate of drug-likeness (QED) is 0.759. The number of aromatic nitrogens is 1. The van der Waals surface area contributed by atoms with E-state index in [0.717, 1.165) is 5.69 Å². The highest BCUT2D eigenvalue weighted by molar-refractivity contribution is 5.94. The minimum absolute atomic E-state index is 0. The van der Waals surface area contributed by atoms with Gasteiger partial charge in [-0.3, -0.25) is 9.78 Å². The Morgan fingerprint density at radius 3 is 2.60 bits per heavy atom. The van der Waals surface area contributed by atoms with Gasteiger partial charge in [0.15, 0.2) is 0 Å². The van der Waals surface area contributed by atoms with Gasteiger partial charge in [0.2, 0.25) is 5.91 Å². The third-order valence-electron chi connectivity index (χ3n) is 3.28. The number of hydrogen-bond acceptors (Lipinski definition) is 4.